The van der Waals surface area contributed by atoms with Gasteiger partial charge in [0.1, 0.15) is 19.8 Å². The number of quaternary nitrogens is 1. The summed E-state index contributed by atoms with van der Waals surface area (Å²) in [6.45, 7) is 4.27. The smallest absolute Gasteiger partial charge is 0.306 e. The lowest BCUT2D eigenvalue weighted by atomic mass is 10.0. The van der Waals surface area contributed by atoms with Gasteiger partial charge in [-0.05, 0) is 12.8 Å². The van der Waals surface area contributed by atoms with Gasteiger partial charge in [0.05, 0.1) is 27.7 Å². The number of phosphoric ester groups is 1. The summed E-state index contributed by atoms with van der Waals surface area (Å²) in [6, 6.07) is 0. The van der Waals surface area contributed by atoms with E-state index >= 15 is 0 Å². The van der Waals surface area contributed by atoms with Gasteiger partial charge in [-0.3, -0.25) is 14.2 Å². The summed E-state index contributed by atoms with van der Waals surface area (Å²) < 4.78 is 33.9. The fourth-order valence-electron chi connectivity index (χ4n) is 6.89. The molecule has 0 heterocycles. The zero-order valence-corrected chi connectivity index (χ0v) is 38.5. The Labute approximate surface area is 346 Å². The summed E-state index contributed by atoms with van der Waals surface area (Å²) in [6.07, 6.45) is 39.8. The molecule has 0 saturated carbocycles. The van der Waals surface area contributed by atoms with Crippen LogP contribution < -0.4 is 4.89 Å². The molecule has 2 atom stereocenters. The molecule has 10 heteroatoms. The Bertz CT molecular complexity index is 927. The molecule has 0 saturated heterocycles. The lowest BCUT2D eigenvalue weighted by molar-refractivity contribution is -0.870. The Morgan fingerprint density at radius 3 is 1.14 bits per heavy atom. The van der Waals surface area contributed by atoms with Crippen molar-refractivity contribution >= 4 is 19.8 Å². The summed E-state index contributed by atoms with van der Waals surface area (Å²) in [4.78, 5) is 37.5. The number of esters is 2. The van der Waals surface area contributed by atoms with Crippen LogP contribution >= 0.6 is 7.82 Å². The van der Waals surface area contributed by atoms with E-state index in [2.05, 4.69) is 13.8 Å². The molecule has 0 aromatic rings. The molecule has 0 fully saturated rings. The molecule has 0 spiro atoms. The maximum atomic E-state index is 12.7. The number of unbranched alkanes of at least 4 members (excludes halogenated alkanes) is 30. The van der Waals surface area contributed by atoms with Gasteiger partial charge in [0.25, 0.3) is 7.82 Å². The van der Waals surface area contributed by atoms with Crippen LogP contribution in [0.25, 0.3) is 0 Å². The highest BCUT2D eigenvalue weighted by molar-refractivity contribution is 7.45. The van der Waals surface area contributed by atoms with E-state index in [1.165, 1.54) is 167 Å². The van der Waals surface area contributed by atoms with Crippen molar-refractivity contribution in [1.29, 1.82) is 0 Å². The Morgan fingerprint density at radius 1 is 0.482 bits per heavy atom. The van der Waals surface area contributed by atoms with Crippen LogP contribution in [0.1, 0.15) is 232 Å². The largest absolute Gasteiger partial charge is 0.756 e. The van der Waals surface area contributed by atoms with Crippen LogP contribution in [-0.4, -0.2) is 70.0 Å². The van der Waals surface area contributed by atoms with Crippen LogP contribution in [0.5, 0.6) is 0 Å². The van der Waals surface area contributed by atoms with Crippen molar-refractivity contribution in [2.75, 3.05) is 47.5 Å². The average Bonchev–Trinajstić information content (AvgIpc) is 3.15. The Morgan fingerprint density at radius 2 is 0.804 bits per heavy atom. The second kappa shape index (κ2) is 39.5. The highest BCUT2D eigenvalue weighted by Crippen LogP contribution is 2.38. The SMILES string of the molecule is CCCCCCCCCCCCCCCCCCCCCCC(=O)O[C@H](COC(=O)CCCCCCCCCCCCCC)COP(=O)([O-])OCC[N+](C)(C)C. The fraction of sp³-hybridized carbons (Fsp3) is 0.957. The third-order valence-corrected chi connectivity index (χ3v) is 11.6. The van der Waals surface area contributed by atoms with Crippen LogP contribution in [0.15, 0.2) is 0 Å². The van der Waals surface area contributed by atoms with Crippen LogP contribution in [0.3, 0.4) is 0 Å². The second-order valence-corrected chi connectivity index (χ2v) is 18.9. The van der Waals surface area contributed by atoms with Crippen LogP contribution in [0.4, 0.5) is 0 Å². The van der Waals surface area contributed by atoms with E-state index in [9.17, 15) is 19.0 Å². The molecule has 0 bridgehead atoms. The zero-order valence-electron chi connectivity index (χ0n) is 37.6. The number of carbonyl (C=O) groups excluding carboxylic acids is 2. The molecule has 0 radical (unpaired) electrons. The van der Waals surface area contributed by atoms with Gasteiger partial charge >= 0.3 is 11.9 Å². The number of nitrogens with zero attached hydrogens (tertiary/aromatic N) is 1. The highest BCUT2D eigenvalue weighted by atomic mass is 31.2. The molecule has 56 heavy (non-hydrogen) atoms. The first-order valence-electron chi connectivity index (χ1n) is 23.7. The van der Waals surface area contributed by atoms with Gasteiger partial charge in [-0.1, -0.05) is 206 Å². The quantitative estimate of drug-likeness (QED) is 0.0259. The predicted octanol–water partition coefficient (Wildman–Crippen LogP) is 13.0. The summed E-state index contributed by atoms with van der Waals surface area (Å²) in [5.41, 5.74) is 0. The summed E-state index contributed by atoms with van der Waals surface area (Å²) >= 11 is 0. The van der Waals surface area contributed by atoms with E-state index < -0.39 is 26.5 Å². The number of phosphoric acid groups is 1. The molecular weight excluding hydrogens is 725 g/mol. The van der Waals surface area contributed by atoms with Gasteiger partial charge in [0, 0.05) is 12.8 Å². The minimum atomic E-state index is -4.62. The highest BCUT2D eigenvalue weighted by Gasteiger charge is 2.21. The van der Waals surface area contributed by atoms with E-state index in [0.29, 0.717) is 17.4 Å². The fourth-order valence-corrected chi connectivity index (χ4v) is 7.62. The lowest BCUT2D eigenvalue weighted by Gasteiger charge is -2.28. The van der Waals surface area contributed by atoms with Crippen molar-refractivity contribution < 1.29 is 42.1 Å². The first-order valence-corrected chi connectivity index (χ1v) is 25.2. The van der Waals surface area contributed by atoms with Gasteiger partial charge in [-0.25, -0.2) is 0 Å². The first-order chi connectivity index (χ1) is 27.0. The van der Waals surface area contributed by atoms with Crippen molar-refractivity contribution in [1.82, 2.24) is 0 Å². The van der Waals surface area contributed by atoms with Crippen molar-refractivity contribution in [3.63, 3.8) is 0 Å². The van der Waals surface area contributed by atoms with E-state index in [1.807, 2.05) is 21.1 Å². The number of likely N-dealkylation sites (N-methyl/N-ethyl adjacent to an activating group) is 1. The van der Waals surface area contributed by atoms with Gasteiger partial charge in [0.2, 0.25) is 0 Å². The maximum absolute atomic E-state index is 12.7. The molecule has 0 aromatic carbocycles. The van der Waals surface area contributed by atoms with E-state index in [-0.39, 0.29) is 32.0 Å². The predicted molar refractivity (Wildman–Crippen MR) is 232 cm³/mol. The standard InChI is InChI=1S/C46H92NO8P/c1-6-8-10-12-14-16-18-20-21-22-23-24-25-26-27-29-31-33-35-37-39-46(49)55-44(43-54-56(50,51)53-41-40-47(3,4)5)42-52-45(48)38-36-34-32-30-28-19-17-15-13-11-9-7-2/h44H,6-43H2,1-5H3/t44-/m1/s1. The number of hydrogen-bond donors (Lipinski definition) is 0. The molecule has 0 N–H and O–H groups in total. The molecule has 1 unspecified atom stereocenters. The summed E-state index contributed by atoms with van der Waals surface area (Å²) in [5.74, 6) is -0.818. The van der Waals surface area contributed by atoms with Gasteiger partial charge in [-0.2, -0.15) is 0 Å². The average molecular weight is 818 g/mol. The maximum Gasteiger partial charge on any atom is 0.306 e. The summed E-state index contributed by atoms with van der Waals surface area (Å²) in [7, 11) is 1.18. The van der Waals surface area contributed by atoms with Crippen LogP contribution in [-0.2, 0) is 32.7 Å². The molecule has 0 aliphatic heterocycles. The third kappa shape index (κ3) is 42.6. The minimum absolute atomic E-state index is 0.0256. The van der Waals surface area contributed by atoms with Crippen molar-refractivity contribution in [2.45, 2.75) is 238 Å². The van der Waals surface area contributed by atoms with E-state index in [4.69, 9.17) is 18.5 Å². The lowest BCUT2D eigenvalue weighted by Crippen LogP contribution is -2.37. The Kier molecular flexibility index (Phi) is 38.8. The van der Waals surface area contributed by atoms with Crippen molar-refractivity contribution in [2.24, 2.45) is 0 Å². The monoisotopic (exact) mass is 818 g/mol. The molecule has 9 nitrogen and oxygen atoms in total. The van der Waals surface area contributed by atoms with Gasteiger partial charge < -0.3 is 27.9 Å². The summed E-state index contributed by atoms with van der Waals surface area (Å²) in [5, 5.41) is 0. The number of carbonyl (C=O) groups is 2. The van der Waals surface area contributed by atoms with Crippen molar-refractivity contribution in [3.05, 3.63) is 0 Å². The second-order valence-electron chi connectivity index (χ2n) is 17.5. The van der Waals surface area contributed by atoms with E-state index in [0.717, 1.165) is 32.1 Å². The molecule has 0 amide bonds. The van der Waals surface area contributed by atoms with Gasteiger partial charge in [0.15, 0.2) is 6.10 Å². The van der Waals surface area contributed by atoms with Gasteiger partial charge in [-0.15, -0.1) is 0 Å². The number of hydrogen-bond acceptors (Lipinski definition) is 8. The van der Waals surface area contributed by atoms with Crippen molar-refractivity contribution in [3.8, 4) is 0 Å². The normalized spacial score (nSPS) is 13.5. The van der Waals surface area contributed by atoms with Crippen LogP contribution in [0, 0.1) is 0 Å². The zero-order chi connectivity index (χ0) is 41.4. The number of rotatable bonds is 44. The Balaban J connectivity index is 4.22. The van der Waals surface area contributed by atoms with E-state index in [1.54, 1.807) is 0 Å². The number of ether oxygens (including phenoxy) is 2. The first kappa shape index (κ1) is 55.0. The molecule has 0 rings (SSSR count). The van der Waals surface area contributed by atoms with Crippen LogP contribution in [0.2, 0.25) is 0 Å². The molecule has 334 valence electrons. The third-order valence-electron chi connectivity index (χ3n) is 10.6. The Hall–Kier alpha value is -0.990. The molecule has 0 aliphatic carbocycles. The molecular formula is C46H92NO8P. The molecule has 0 aromatic heterocycles. The minimum Gasteiger partial charge on any atom is -0.756 e. The molecule has 0 aliphatic rings. The topological polar surface area (TPSA) is 111 Å².